The predicted octanol–water partition coefficient (Wildman–Crippen LogP) is 3.39. The molecule has 4 aromatic heterocycles. The maximum atomic E-state index is 14.3. The Morgan fingerprint density at radius 3 is 2.76 bits per heavy atom. The van der Waals surface area contributed by atoms with Crippen LogP contribution in [-0.4, -0.2) is 42.0 Å². The molecule has 1 aliphatic rings. The first-order valence-electron chi connectivity index (χ1n) is 10.8. The van der Waals surface area contributed by atoms with Crippen molar-refractivity contribution < 1.29 is 9.18 Å². The number of halogens is 1. The zero-order valence-electron chi connectivity index (χ0n) is 17.9. The van der Waals surface area contributed by atoms with Crippen LogP contribution in [0.3, 0.4) is 0 Å². The molecule has 0 saturated heterocycles. The number of benzene rings is 1. The number of aromatic nitrogens is 6. The van der Waals surface area contributed by atoms with Crippen molar-refractivity contribution in [3.63, 3.8) is 0 Å². The lowest BCUT2D eigenvalue weighted by Gasteiger charge is -2.34. The van der Waals surface area contributed by atoms with Crippen LogP contribution in [0.4, 0.5) is 15.9 Å². The summed E-state index contributed by atoms with van der Waals surface area (Å²) in [6.45, 7) is 0.625. The van der Waals surface area contributed by atoms with Crippen molar-refractivity contribution in [1.82, 2.24) is 29.5 Å². The molecule has 0 aliphatic carbocycles. The molecule has 6 rings (SSSR count). The number of imidazole rings is 1. The number of nitrogens with one attached hydrogen (secondary N) is 2. The van der Waals surface area contributed by atoms with E-state index in [0.717, 1.165) is 17.8 Å². The Morgan fingerprint density at radius 2 is 1.97 bits per heavy atom. The van der Waals surface area contributed by atoms with E-state index in [1.807, 2.05) is 23.1 Å². The fourth-order valence-corrected chi connectivity index (χ4v) is 4.26. The number of carbonyl (C=O) groups is 1. The minimum Gasteiger partial charge on any atom is -0.348 e. The van der Waals surface area contributed by atoms with Crippen LogP contribution in [0.2, 0.25) is 0 Å². The topological polar surface area (TPSA) is 104 Å². The summed E-state index contributed by atoms with van der Waals surface area (Å²) < 4.78 is 15.9. The Hall–Kier alpha value is -4.60. The molecule has 0 bridgehead atoms. The molecule has 0 unspecified atom stereocenters. The van der Waals surface area contributed by atoms with E-state index in [0.29, 0.717) is 29.3 Å². The van der Waals surface area contributed by atoms with E-state index in [1.54, 1.807) is 43.0 Å². The average Bonchev–Trinajstić information content (AvgIpc) is 3.52. The van der Waals surface area contributed by atoms with Crippen LogP contribution in [0.1, 0.15) is 33.6 Å². The van der Waals surface area contributed by atoms with Gasteiger partial charge in [0.15, 0.2) is 0 Å². The van der Waals surface area contributed by atoms with E-state index in [1.165, 1.54) is 16.8 Å². The summed E-state index contributed by atoms with van der Waals surface area (Å²) in [5.41, 5.74) is 3.73. The number of hydrogen-bond acceptors (Lipinski definition) is 6. The third-order valence-corrected chi connectivity index (χ3v) is 5.87. The Kier molecular flexibility index (Phi) is 4.76. The molecule has 5 aromatic rings. The van der Waals surface area contributed by atoms with Gasteiger partial charge >= 0.3 is 0 Å². The quantitative estimate of drug-likeness (QED) is 0.431. The van der Waals surface area contributed by atoms with Gasteiger partial charge in [-0.3, -0.25) is 4.79 Å². The first-order valence-corrected chi connectivity index (χ1v) is 10.8. The number of pyridine rings is 1. The molecule has 1 atom stereocenters. The van der Waals surface area contributed by atoms with Crippen molar-refractivity contribution in [1.29, 1.82) is 0 Å². The van der Waals surface area contributed by atoms with Crippen molar-refractivity contribution >= 4 is 22.9 Å². The van der Waals surface area contributed by atoms with E-state index < -0.39 is 0 Å². The largest absolute Gasteiger partial charge is 0.348 e. The maximum absolute atomic E-state index is 14.3. The molecule has 9 nitrogen and oxygen atoms in total. The summed E-state index contributed by atoms with van der Waals surface area (Å²) in [6.07, 6.45) is 7.11. The van der Waals surface area contributed by atoms with Crippen molar-refractivity contribution in [2.75, 3.05) is 16.8 Å². The number of para-hydroxylation sites is 1. The highest BCUT2D eigenvalue weighted by atomic mass is 19.1. The molecule has 0 spiro atoms. The SMILES string of the molecule is O=C(Nc1ccccc1)c1cnc(N2CCc3[nH]cnc3[C@H]2c2cc3c(F)cccn3n2)cn1. The van der Waals surface area contributed by atoms with Crippen molar-refractivity contribution in [3.05, 3.63) is 102 Å². The molecule has 5 heterocycles. The molecule has 2 N–H and O–H groups in total. The van der Waals surface area contributed by atoms with Crippen LogP contribution in [0.25, 0.3) is 5.52 Å². The second-order valence-electron chi connectivity index (χ2n) is 7.95. The number of H-pyrrole nitrogens is 1. The predicted molar refractivity (Wildman–Crippen MR) is 123 cm³/mol. The van der Waals surface area contributed by atoms with Gasteiger partial charge in [0.1, 0.15) is 28.9 Å². The molecular weight excluding hydrogens is 435 g/mol. The lowest BCUT2D eigenvalue weighted by molar-refractivity contribution is 0.102. The maximum Gasteiger partial charge on any atom is 0.275 e. The monoisotopic (exact) mass is 454 g/mol. The lowest BCUT2D eigenvalue weighted by atomic mass is 10.00. The second-order valence-corrected chi connectivity index (χ2v) is 7.95. The normalized spacial score (nSPS) is 15.3. The van der Waals surface area contributed by atoms with Gasteiger partial charge < -0.3 is 15.2 Å². The minimum absolute atomic E-state index is 0.205. The highest BCUT2D eigenvalue weighted by Gasteiger charge is 2.34. The molecule has 1 amide bonds. The Morgan fingerprint density at radius 1 is 1.09 bits per heavy atom. The molecule has 0 fully saturated rings. The van der Waals surface area contributed by atoms with Gasteiger partial charge in [0.25, 0.3) is 5.91 Å². The van der Waals surface area contributed by atoms with Crippen molar-refractivity contribution in [2.45, 2.75) is 12.5 Å². The van der Waals surface area contributed by atoms with Gasteiger partial charge in [0.05, 0.1) is 30.1 Å². The summed E-state index contributed by atoms with van der Waals surface area (Å²) in [4.78, 5) is 31.2. The highest BCUT2D eigenvalue weighted by molar-refractivity contribution is 6.02. The number of rotatable bonds is 4. The highest BCUT2D eigenvalue weighted by Crippen LogP contribution is 2.35. The van der Waals surface area contributed by atoms with Gasteiger partial charge in [-0.2, -0.15) is 5.10 Å². The summed E-state index contributed by atoms with van der Waals surface area (Å²) in [5, 5.41) is 7.42. The average molecular weight is 454 g/mol. The first kappa shape index (κ1) is 20.0. The van der Waals surface area contributed by atoms with E-state index in [9.17, 15) is 9.18 Å². The molecular formula is C24H19FN8O. The first-order chi connectivity index (χ1) is 16.7. The summed E-state index contributed by atoms with van der Waals surface area (Å²) in [6, 6.07) is 13.5. The number of amides is 1. The fraction of sp³-hybridized carbons (Fsp3) is 0.125. The molecule has 168 valence electrons. The standard InChI is InChI=1S/C24H19FN8O/c25-16-7-4-9-33-20(16)11-18(31-33)23-22-17(28-14-29-22)8-10-32(23)21-13-26-19(12-27-21)24(34)30-15-5-2-1-3-6-15/h1-7,9,11-14,23H,8,10H2,(H,28,29)(H,30,34)/t23-/m1/s1. The zero-order valence-corrected chi connectivity index (χ0v) is 17.9. The van der Waals surface area contributed by atoms with Crippen molar-refractivity contribution in [2.24, 2.45) is 0 Å². The zero-order chi connectivity index (χ0) is 23.1. The third-order valence-electron chi connectivity index (χ3n) is 5.87. The van der Waals surface area contributed by atoms with Crippen LogP contribution in [-0.2, 0) is 6.42 Å². The number of anilines is 2. The van der Waals surface area contributed by atoms with Crippen LogP contribution in [0, 0.1) is 5.82 Å². The van der Waals surface area contributed by atoms with Crippen LogP contribution in [0.15, 0.2) is 73.4 Å². The van der Waals surface area contributed by atoms with E-state index in [-0.39, 0.29) is 23.5 Å². The molecule has 1 aromatic carbocycles. The van der Waals surface area contributed by atoms with Gasteiger partial charge in [0, 0.05) is 30.5 Å². The number of hydrogen-bond donors (Lipinski definition) is 2. The summed E-state index contributed by atoms with van der Waals surface area (Å²) in [5.74, 6) is -0.113. The molecule has 0 radical (unpaired) electrons. The Bertz CT molecular complexity index is 1480. The number of fused-ring (bicyclic) bond motifs is 2. The molecule has 0 saturated carbocycles. The van der Waals surface area contributed by atoms with E-state index >= 15 is 0 Å². The second kappa shape index (κ2) is 8.07. The van der Waals surface area contributed by atoms with E-state index in [4.69, 9.17) is 0 Å². The Balaban J connectivity index is 1.34. The van der Waals surface area contributed by atoms with Crippen LogP contribution in [0.5, 0.6) is 0 Å². The van der Waals surface area contributed by atoms with Gasteiger partial charge in [0.2, 0.25) is 0 Å². The molecule has 34 heavy (non-hydrogen) atoms. The van der Waals surface area contributed by atoms with Gasteiger partial charge in [-0.05, 0) is 30.3 Å². The van der Waals surface area contributed by atoms with Crippen molar-refractivity contribution in [3.8, 4) is 0 Å². The summed E-state index contributed by atoms with van der Waals surface area (Å²) >= 11 is 0. The Labute approximate surface area is 193 Å². The smallest absolute Gasteiger partial charge is 0.275 e. The molecule has 1 aliphatic heterocycles. The summed E-state index contributed by atoms with van der Waals surface area (Å²) in [7, 11) is 0. The van der Waals surface area contributed by atoms with E-state index in [2.05, 4.69) is 30.4 Å². The number of nitrogens with zero attached hydrogens (tertiary/aromatic N) is 6. The van der Waals surface area contributed by atoms with Crippen LogP contribution < -0.4 is 10.2 Å². The molecule has 10 heteroatoms. The van der Waals surface area contributed by atoms with Gasteiger partial charge in [-0.15, -0.1) is 0 Å². The third kappa shape index (κ3) is 3.45. The number of carbonyl (C=O) groups excluding carboxylic acids is 1. The lowest BCUT2D eigenvalue weighted by Crippen LogP contribution is -2.37. The van der Waals surface area contributed by atoms with Gasteiger partial charge in [-0.1, -0.05) is 18.2 Å². The minimum atomic E-state index is -0.382. The van der Waals surface area contributed by atoms with Gasteiger partial charge in [-0.25, -0.2) is 23.9 Å². The van der Waals surface area contributed by atoms with Crippen LogP contribution >= 0.6 is 0 Å². The fourth-order valence-electron chi connectivity index (χ4n) is 4.26. The number of aromatic amines is 1.